The highest BCUT2D eigenvalue weighted by atomic mass is 16.4. The van der Waals surface area contributed by atoms with E-state index < -0.39 is 12.0 Å². The monoisotopic (exact) mass is 304 g/mol. The number of carboxylic acid groups (broad SMARTS) is 1. The van der Waals surface area contributed by atoms with Gasteiger partial charge in [0.2, 0.25) is 0 Å². The molecule has 22 heavy (non-hydrogen) atoms. The number of nitrogens with zero attached hydrogens (tertiary/aromatic N) is 1. The number of hydrogen-bond donors (Lipinski definition) is 1. The zero-order valence-electron chi connectivity index (χ0n) is 13.8. The lowest BCUT2D eigenvalue weighted by Crippen LogP contribution is -2.56. The van der Waals surface area contributed by atoms with E-state index >= 15 is 0 Å². The van der Waals surface area contributed by atoms with Gasteiger partial charge < -0.3 is 5.11 Å². The first kappa shape index (κ1) is 16.7. The lowest BCUT2D eigenvalue weighted by Gasteiger charge is -2.34. The lowest BCUT2D eigenvalue weighted by atomic mass is 9.95. The van der Waals surface area contributed by atoms with Crippen LogP contribution in [0, 0.1) is 0 Å². The quantitative estimate of drug-likeness (QED) is 0.649. The van der Waals surface area contributed by atoms with E-state index in [-0.39, 0.29) is 4.48 Å². The average molecular weight is 304 g/mol. The minimum atomic E-state index is -0.867. The molecule has 0 radical (unpaired) electrons. The van der Waals surface area contributed by atoms with E-state index in [2.05, 4.69) is 32.9 Å². The summed E-state index contributed by atoms with van der Waals surface area (Å²) in [6.07, 6.45) is 4.79. The number of benzene rings is 1. The zero-order valence-corrected chi connectivity index (χ0v) is 13.8. The molecule has 1 fully saturated rings. The van der Waals surface area contributed by atoms with E-state index in [4.69, 9.17) is 0 Å². The molecule has 2 atom stereocenters. The van der Waals surface area contributed by atoms with Crippen LogP contribution in [0.5, 0.6) is 0 Å². The molecule has 0 saturated carbocycles. The van der Waals surface area contributed by atoms with Gasteiger partial charge in [0, 0.05) is 24.0 Å². The Kier molecular flexibility index (Phi) is 5.01. The van der Waals surface area contributed by atoms with E-state index in [0.717, 1.165) is 48.9 Å². The van der Waals surface area contributed by atoms with Crippen LogP contribution in [-0.2, 0) is 28.9 Å². The Morgan fingerprint density at radius 2 is 1.82 bits per heavy atom. The number of quaternary nitrogens is 1. The maximum Gasteiger partial charge on any atom is 0.363 e. The number of carbonyl (C=O) groups excluding carboxylic acids is 1. The molecule has 1 amide bonds. The van der Waals surface area contributed by atoms with Gasteiger partial charge >= 0.3 is 12.4 Å². The molecule has 120 valence electrons. The van der Waals surface area contributed by atoms with Crippen LogP contribution in [0.2, 0.25) is 0 Å². The van der Waals surface area contributed by atoms with Gasteiger partial charge in [-0.1, -0.05) is 20.8 Å². The summed E-state index contributed by atoms with van der Waals surface area (Å²) >= 11 is 0. The molecule has 4 heteroatoms. The standard InChI is InChI=1S/C18H25NO3/c1-4-13-10-14(5-2)17(15(6-3)11-13)19(12-20)9-7-8-16(19)18(21)22/h10-12,16H,4-9H2,1-3H3/p+1/t16-,19+/m0/s1. The van der Waals surface area contributed by atoms with Gasteiger partial charge in [-0.2, -0.15) is 0 Å². The van der Waals surface area contributed by atoms with Crippen molar-refractivity contribution in [3.8, 4) is 0 Å². The van der Waals surface area contributed by atoms with Crippen molar-refractivity contribution in [2.75, 3.05) is 6.54 Å². The van der Waals surface area contributed by atoms with Crippen molar-refractivity contribution < 1.29 is 14.7 Å². The normalized spacial score (nSPS) is 24.4. The van der Waals surface area contributed by atoms with Gasteiger partial charge in [0.05, 0.1) is 6.54 Å². The van der Waals surface area contributed by atoms with Crippen LogP contribution in [0.15, 0.2) is 12.1 Å². The molecule has 0 aromatic heterocycles. The van der Waals surface area contributed by atoms with Gasteiger partial charge in [-0.15, -0.1) is 0 Å². The van der Waals surface area contributed by atoms with Crippen LogP contribution < -0.4 is 4.48 Å². The van der Waals surface area contributed by atoms with E-state index in [9.17, 15) is 14.7 Å². The largest absolute Gasteiger partial charge is 0.477 e. The maximum absolute atomic E-state index is 12.0. The zero-order chi connectivity index (χ0) is 16.3. The van der Waals surface area contributed by atoms with Gasteiger partial charge in [0.1, 0.15) is 5.69 Å². The topological polar surface area (TPSA) is 54.4 Å². The van der Waals surface area contributed by atoms with Gasteiger partial charge in [-0.05, 0) is 37.0 Å². The molecule has 1 aromatic carbocycles. The molecule has 0 aliphatic carbocycles. The summed E-state index contributed by atoms with van der Waals surface area (Å²) < 4.78 is -0.0360. The Balaban J connectivity index is 2.72. The Labute approximate surface area is 132 Å². The molecular weight excluding hydrogens is 278 g/mol. The number of carbonyl (C=O) groups is 2. The highest BCUT2D eigenvalue weighted by Gasteiger charge is 2.50. The predicted octanol–water partition coefficient (Wildman–Crippen LogP) is 3.08. The van der Waals surface area contributed by atoms with Crippen molar-refractivity contribution in [1.82, 2.24) is 4.48 Å². The predicted molar refractivity (Wildman–Crippen MR) is 88.0 cm³/mol. The third-order valence-electron chi connectivity index (χ3n) is 4.95. The highest BCUT2D eigenvalue weighted by Crippen LogP contribution is 2.39. The molecule has 1 N–H and O–H groups in total. The third-order valence-corrected chi connectivity index (χ3v) is 4.95. The fourth-order valence-corrected chi connectivity index (χ4v) is 3.81. The molecule has 1 aliphatic heterocycles. The van der Waals surface area contributed by atoms with E-state index in [1.165, 1.54) is 5.56 Å². The van der Waals surface area contributed by atoms with Crippen LogP contribution in [0.4, 0.5) is 5.69 Å². The molecule has 0 spiro atoms. The van der Waals surface area contributed by atoms with Crippen molar-refractivity contribution in [3.05, 3.63) is 28.8 Å². The second-order valence-electron chi connectivity index (χ2n) is 6.08. The first-order valence-corrected chi connectivity index (χ1v) is 8.25. The van der Waals surface area contributed by atoms with Crippen LogP contribution in [0.3, 0.4) is 0 Å². The van der Waals surface area contributed by atoms with E-state index in [1.807, 2.05) is 0 Å². The fraction of sp³-hybridized carbons (Fsp3) is 0.556. The second-order valence-corrected chi connectivity index (χ2v) is 6.08. The Morgan fingerprint density at radius 3 is 2.23 bits per heavy atom. The molecule has 4 nitrogen and oxygen atoms in total. The fourth-order valence-electron chi connectivity index (χ4n) is 3.81. The lowest BCUT2D eigenvalue weighted by molar-refractivity contribution is -0.144. The first-order chi connectivity index (χ1) is 10.5. The van der Waals surface area contributed by atoms with Crippen LogP contribution in [-0.4, -0.2) is 30.1 Å². The van der Waals surface area contributed by atoms with Crippen molar-refractivity contribution in [2.45, 2.75) is 58.9 Å². The Morgan fingerprint density at radius 1 is 1.23 bits per heavy atom. The first-order valence-electron chi connectivity index (χ1n) is 8.25. The minimum Gasteiger partial charge on any atom is -0.477 e. The molecule has 1 saturated heterocycles. The summed E-state index contributed by atoms with van der Waals surface area (Å²) in [5.74, 6) is -0.867. The van der Waals surface area contributed by atoms with Crippen LogP contribution in [0.25, 0.3) is 0 Å². The average Bonchev–Trinajstić information content (AvgIpc) is 2.98. The van der Waals surface area contributed by atoms with E-state index in [1.54, 1.807) is 0 Å². The van der Waals surface area contributed by atoms with Crippen molar-refractivity contribution in [1.29, 1.82) is 0 Å². The van der Waals surface area contributed by atoms with Crippen molar-refractivity contribution in [3.63, 3.8) is 0 Å². The molecule has 1 aromatic rings. The van der Waals surface area contributed by atoms with Crippen LogP contribution in [0.1, 0.15) is 50.3 Å². The van der Waals surface area contributed by atoms with Gasteiger partial charge in [-0.3, -0.25) is 0 Å². The smallest absolute Gasteiger partial charge is 0.363 e. The molecule has 0 unspecified atom stereocenters. The highest BCUT2D eigenvalue weighted by molar-refractivity contribution is 5.86. The SMILES string of the molecule is CCc1cc(CC)c([N@@+]2(C=O)CCC[C@H]2C(=O)O)c(CC)c1. The number of aliphatic carboxylic acids is 1. The molecule has 1 aliphatic rings. The Bertz CT molecular complexity index is 557. The second kappa shape index (κ2) is 6.61. The number of aryl methyl sites for hydroxylation is 3. The van der Waals surface area contributed by atoms with Gasteiger partial charge in [-0.25, -0.2) is 14.1 Å². The molecule has 2 rings (SSSR count). The minimum absolute atomic E-state index is 0.0360. The molecular formula is C18H26NO3+. The number of hydrogen-bond acceptors (Lipinski definition) is 2. The number of carboxylic acids is 1. The van der Waals surface area contributed by atoms with E-state index in [0.29, 0.717) is 13.0 Å². The van der Waals surface area contributed by atoms with Crippen LogP contribution >= 0.6 is 0 Å². The summed E-state index contributed by atoms with van der Waals surface area (Å²) in [7, 11) is 0. The summed E-state index contributed by atoms with van der Waals surface area (Å²) in [5.41, 5.74) is 4.45. The molecule has 0 bridgehead atoms. The number of likely N-dealkylation sites (tertiary alicyclic amines) is 1. The summed E-state index contributed by atoms with van der Waals surface area (Å²) in [6, 6.07) is 3.64. The number of amides is 1. The third kappa shape index (κ3) is 2.56. The summed E-state index contributed by atoms with van der Waals surface area (Å²) in [4.78, 5) is 23.7. The summed E-state index contributed by atoms with van der Waals surface area (Å²) in [6.45, 7) is 6.86. The Hall–Kier alpha value is -1.68. The maximum atomic E-state index is 12.0. The number of rotatable bonds is 6. The molecule has 1 heterocycles. The van der Waals surface area contributed by atoms with Gasteiger partial charge in [0.25, 0.3) is 0 Å². The van der Waals surface area contributed by atoms with Gasteiger partial charge in [0.15, 0.2) is 6.04 Å². The van der Waals surface area contributed by atoms with Crippen molar-refractivity contribution >= 4 is 18.1 Å². The summed E-state index contributed by atoms with van der Waals surface area (Å²) in [5, 5.41) is 9.59. The van der Waals surface area contributed by atoms with Crippen molar-refractivity contribution in [2.24, 2.45) is 0 Å².